The van der Waals surface area contributed by atoms with Crippen LogP contribution < -0.4 is 14.9 Å². The van der Waals surface area contributed by atoms with Crippen LogP contribution in [-0.4, -0.2) is 26.7 Å². The van der Waals surface area contributed by atoms with E-state index in [-0.39, 0.29) is 11.8 Å². The van der Waals surface area contributed by atoms with E-state index in [1.807, 2.05) is 18.2 Å². The lowest BCUT2D eigenvalue weighted by Gasteiger charge is -2.17. The summed E-state index contributed by atoms with van der Waals surface area (Å²) >= 11 is 0. The second-order valence-electron chi connectivity index (χ2n) is 5.24. The molecule has 2 N–H and O–H groups in total. The smallest absolute Gasteiger partial charge is 0.308 e. The molecule has 0 aromatic heterocycles. The minimum atomic E-state index is -3.23. The first-order valence-electron chi connectivity index (χ1n) is 7.28. The van der Waals surface area contributed by atoms with E-state index in [0.717, 1.165) is 0 Å². The van der Waals surface area contributed by atoms with Gasteiger partial charge in [-0.1, -0.05) is 24.3 Å². The summed E-state index contributed by atoms with van der Waals surface area (Å²) in [6.45, 7) is 0.474. The van der Waals surface area contributed by atoms with E-state index in [1.165, 1.54) is 4.31 Å². The number of amides is 2. The number of urea groups is 1. The summed E-state index contributed by atoms with van der Waals surface area (Å²) in [5.41, 5.74) is 1.79. The quantitative estimate of drug-likeness (QED) is 0.908. The van der Waals surface area contributed by atoms with Crippen molar-refractivity contribution in [2.24, 2.45) is 0 Å². The third-order valence-electron chi connectivity index (χ3n) is 3.52. The lowest BCUT2D eigenvalue weighted by Crippen LogP contribution is -2.25. The standard InChI is InChI=1S/C16H17N3O3S/c20-16(17-13-6-2-1-3-7-13)18-14-8-4-9-15(12-14)19-10-5-11-23(19,21)22/h1-4,6-9,12H,5,10-11H2,(H2,17,18,20). The van der Waals surface area contributed by atoms with Gasteiger partial charge in [-0.2, -0.15) is 0 Å². The van der Waals surface area contributed by atoms with Gasteiger partial charge in [-0.05, 0) is 36.8 Å². The molecule has 1 aliphatic heterocycles. The first-order chi connectivity index (χ1) is 11.0. The van der Waals surface area contributed by atoms with Gasteiger partial charge in [-0.3, -0.25) is 4.31 Å². The Bertz CT molecular complexity index is 806. The number of anilines is 3. The fraction of sp³-hybridized carbons (Fsp3) is 0.188. The number of nitrogens with one attached hydrogen (secondary N) is 2. The number of hydrogen-bond donors (Lipinski definition) is 2. The van der Waals surface area contributed by atoms with Gasteiger partial charge < -0.3 is 10.6 Å². The molecule has 0 bridgehead atoms. The van der Waals surface area contributed by atoms with Crippen molar-refractivity contribution in [3.8, 4) is 0 Å². The van der Waals surface area contributed by atoms with Crippen LogP contribution in [0.1, 0.15) is 6.42 Å². The number of sulfonamides is 1. The monoisotopic (exact) mass is 331 g/mol. The third-order valence-corrected chi connectivity index (χ3v) is 5.39. The molecule has 0 spiro atoms. The summed E-state index contributed by atoms with van der Waals surface area (Å²) in [6, 6.07) is 15.5. The number of benzene rings is 2. The average molecular weight is 331 g/mol. The first-order valence-corrected chi connectivity index (χ1v) is 8.89. The highest BCUT2D eigenvalue weighted by atomic mass is 32.2. The van der Waals surface area contributed by atoms with E-state index in [2.05, 4.69) is 10.6 Å². The molecule has 2 amide bonds. The maximum atomic E-state index is 12.0. The van der Waals surface area contributed by atoms with Crippen molar-refractivity contribution >= 4 is 33.1 Å². The van der Waals surface area contributed by atoms with Gasteiger partial charge in [0.15, 0.2) is 0 Å². The Kier molecular flexibility index (Phi) is 4.20. The Morgan fingerprint density at radius 3 is 2.35 bits per heavy atom. The van der Waals surface area contributed by atoms with Crippen LogP contribution in [0.5, 0.6) is 0 Å². The molecular formula is C16H17N3O3S. The van der Waals surface area contributed by atoms with Crippen molar-refractivity contribution < 1.29 is 13.2 Å². The number of rotatable bonds is 3. The lowest BCUT2D eigenvalue weighted by molar-refractivity contribution is 0.262. The molecule has 120 valence electrons. The van der Waals surface area contributed by atoms with Gasteiger partial charge in [0, 0.05) is 17.9 Å². The topological polar surface area (TPSA) is 78.5 Å². The van der Waals surface area contributed by atoms with Crippen LogP contribution in [0.4, 0.5) is 21.9 Å². The number of nitrogens with zero attached hydrogens (tertiary/aromatic N) is 1. The molecule has 1 saturated heterocycles. The molecule has 0 saturated carbocycles. The maximum Gasteiger partial charge on any atom is 0.323 e. The van der Waals surface area contributed by atoms with Crippen molar-refractivity contribution in [1.29, 1.82) is 0 Å². The highest BCUT2D eigenvalue weighted by molar-refractivity contribution is 7.93. The fourth-order valence-electron chi connectivity index (χ4n) is 2.48. The molecular weight excluding hydrogens is 314 g/mol. The number of carbonyl (C=O) groups excluding carboxylic acids is 1. The van der Waals surface area contributed by atoms with Crippen LogP contribution in [0.15, 0.2) is 54.6 Å². The van der Waals surface area contributed by atoms with Gasteiger partial charge in [0.05, 0.1) is 11.4 Å². The molecule has 0 unspecified atom stereocenters. The van der Waals surface area contributed by atoms with E-state index >= 15 is 0 Å². The van der Waals surface area contributed by atoms with Crippen LogP contribution in [0, 0.1) is 0 Å². The van der Waals surface area contributed by atoms with Gasteiger partial charge in [0.1, 0.15) is 0 Å². The summed E-state index contributed by atoms with van der Waals surface area (Å²) < 4.78 is 25.3. The van der Waals surface area contributed by atoms with E-state index in [1.54, 1.807) is 36.4 Å². The molecule has 2 aromatic carbocycles. The van der Waals surface area contributed by atoms with Crippen molar-refractivity contribution in [3.05, 3.63) is 54.6 Å². The molecule has 0 atom stereocenters. The zero-order chi connectivity index (χ0) is 16.3. The molecule has 3 rings (SSSR count). The van der Waals surface area contributed by atoms with Gasteiger partial charge in [0.25, 0.3) is 0 Å². The molecule has 7 heteroatoms. The van der Waals surface area contributed by atoms with E-state index in [0.29, 0.717) is 30.0 Å². The second-order valence-corrected chi connectivity index (χ2v) is 7.25. The van der Waals surface area contributed by atoms with Crippen molar-refractivity contribution in [1.82, 2.24) is 0 Å². The maximum absolute atomic E-state index is 12.0. The molecule has 2 aromatic rings. The van der Waals surface area contributed by atoms with Gasteiger partial charge in [0.2, 0.25) is 10.0 Å². The van der Waals surface area contributed by atoms with Gasteiger partial charge in [-0.25, -0.2) is 13.2 Å². The Hall–Kier alpha value is -2.54. The van der Waals surface area contributed by atoms with Crippen LogP contribution in [-0.2, 0) is 10.0 Å². The first kappa shape index (κ1) is 15.4. The minimum absolute atomic E-state index is 0.166. The van der Waals surface area contributed by atoms with E-state index in [4.69, 9.17) is 0 Å². The highest BCUT2D eigenvalue weighted by Gasteiger charge is 2.28. The zero-order valence-corrected chi connectivity index (χ0v) is 13.2. The minimum Gasteiger partial charge on any atom is -0.308 e. The predicted octanol–water partition coefficient (Wildman–Crippen LogP) is 2.87. The van der Waals surface area contributed by atoms with Crippen LogP contribution >= 0.6 is 0 Å². The van der Waals surface area contributed by atoms with Crippen molar-refractivity contribution in [3.63, 3.8) is 0 Å². The van der Waals surface area contributed by atoms with Crippen molar-refractivity contribution in [2.75, 3.05) is 27.2 Å². The number of carbonyl (C=O) groups is 1. The SMILES string of the molecule is O=C(Nc1ccccc1)Nc1cccc(N2CCCS2(=O)=O)c1. The summed E-state index contributed by atoms with van der Waals surface area (Å²) in [5.74, 6) is 0.166. The number of hydrogen-bond acceptors (Lipinski definition) is 3. The molecule has 1 fully saturated rings. The molecule has 0 aliphatic carbocycles. The largest absolute Gasteiger partial charge is 0.323 e. The predicted molar refractivity (Wildman–Crippen MR) is 91.3 cm³/mol. The molecule has 23 heavy (non-hydrogen) atoms. The molecule has 6 nitrogen and oxygen atoms in total. The van der Waals surface area contributed by atoms with Crippen molar-refractivity contribution in [2.45, 2.75) is 6.42 Å². The zero-order valence-electron chi connectivity index (χ0n) is 12.4. The van der Waals surface area contributed by atoms with Crippen LogP contribution in [0.2, 0.25) is 0 Å². The molecule has 1 aliphatic rings. The fourth-order valence-corrected chi connectivity index (χ4v) is 4.04. The summed E-state index contributed by atoms with van der Waals surface area (Å²) in [6.07, 6.45) is 0.620. The summed E-state index contributed by atoms with van der Waals surface area (Å²) in [4.78, 5) is 12.0. The Labute approximate surface area is 135 Å². The number of para-hydroxylation sites is 1. The van der Waals surface area contributed by atoms with E-state index in [9.17, 15) is 13.2 Å². The summed E-state index contributed by atoms with van der Waals surface area (Å²) in [7, 11) is -3.23. The van der Waals surface area contributed by atoms with Crippen LogP contribution in [0.25, 0.3) is 0 Å². The average Bonchev–Trinajstić information content (AvgIpc) is 2.88. The summed E-state index contributed by atoms with van der Waals surface area (Å²) in [5, 5.41) is 5.42. The highest BCUT2D eigenvalue weighted by Crippen LogP contribution is 2.26. The Morgan fingerprint density at radius 1 is 0.957 bits per heavy atom. The second kappa shape index (κ2) is 6.29. The normalized spacial score (nSPS) is 16.1. The van der Waals surface area contributed by atoms with Gasteiger partial charge >= 0.3 is 6.03 Å². The van der Waals surface area contributed by atoms with Crippen LogP contribution in [0.3, 0.4) is 0 Å². The Balaban J connectivity index is 1.72. The molecule has 0 radical (unpaired) electrons. The Morgan fingerprint density at radius 2 is 1.65 bits per heavy atom. The molecule has 1 heterocycles. The van der Waals surface area contributed by atoms with Gasteiger partial charge in [-0.15, -0.1) is 0 Å². The lowest BCUT2D eigenvalue weighted by atomic mass is 10.2. The third kappa shape index (κ3) is 3.62. The van der Waals surface area contributed by atoms with E-state index < -0.39 is 10.0 Å².